The van der Waals surface area contributed by atoms with Crippen molar-refractivity contribution in [2.45, 2.75) is 27.7 Å². The number of amides is 1. The number of hydrogen-bond donors (Lipinski definition) is 2. The van der Waals surface area contributed by atoms with Crippen molar-refractivity contribution in [2.24, 2.45) is 5.92 Å². The molecule has 19 heavy (non-hydrogen) atoms. The highest BCUT2D eigenvalue weighted by Crippen LogP contribution is 2.16. The lowest BCUT2D eigenvalue weighted by Crippen LogP contribution is -2.35. The lowest BCUT2D eigenvalue weighted by molar-refractivity contribution is -0.117. The number of hydrogen-bond acceptors (Lipinski definition) is 3. The molecule has 0 heterocycles. The second-order valence-electron chi connectivity index (χ2n) is 5.34. The highest BCUT2D eigenvalue weighted by atomic mass is 16.2. The number of nitrogens with two attached hydrogens (primary N) is 1. The van der Waals surface area contributed by atoms with Gasteiger partial charge in [0.25, 0.3) is 0 Å². The Morgan fingerprint density at radius 2 is 2.11 bits per heavy atom. The van der Waals surface area contributed by atoms with E-state index in [0.717, 1.165) is 24.3 Å². The van der Waals surface area contributed by atoms with E-state index in [1.807, 2.05) is 19.1 Å². The van der Waals surface area contributed by atoms with Gasteiger partial charge >= 0.3 is 0 Å². The molecule has 0 spiro atoms. The molecular weight excluding hydrogens is 238 g/mol. The van der Waals surface area contributed by atoms with E-state index in [-0.39, 0.29) is 5.91 Å². The predicted molar refractivity (Wildman–Crippen MR) is 81.2 cm³/mol. The Kier molecular flexibility index (Phi) is 5.83. The Balaban J connectivity index is 2.56. The third kappa shape index (κ3) is 5.30. The van der Waals surface area contributed by atoms with Gasteiger partial charge in [-0.2, -0.15) is 0 Å². The standard InChI is InChI=1S/C15H25N3O/c1-5-18(9-11(2)3)10-15(19)17-13-7-6-12(4)14(16)8-13/h6-8,11H,5,9-10,16H2,1-4H3,(H,17,19). The number of nitrogens with zero attached hydrogens (tertiary/aromatic N) is 1. The first kappa shape index (κ1) is 15.5. The van der Waals surface area contributed by atoms with E-state index in [4.69, 9.17) is 5.73 Å². The predicted octanol–water partition coefficient (Wildman–Crippen LogP) is 2.49. The summed E-state index contributed by atoms with van der Waals surface area (Å²) in [4.78, 5) is 14.1. The number of rotatable bonds is 6. The molecule has 0 fully saturated rings. The number of anilines is 2. The van der Waals surface area contributed by atoms with Crippen molar-refractivity contribution < 1.29 is 4.79 Å². The fourth-order valence-electron chi connectivity index (χ4n) is 1.94. The van der Waals surface area contributed by atoms with Crippen molar-refractivity contribution in [1.29, 1.82) is 0 Å². The SMILES string of the molecule is CCN(CC(=O)Nc1ccc(C)c(N)c1)CC(C)C. The summed E-state index contributed by atoms with van der Waals surface area (Å²) in [5.41, 5.74) is 8.31. The highest BCUT2D eigenvalue weighted by molar-refractivity contribution is 5.92. The fourth-order valence-corrected chi connectivity index (χ4v) is 1.94. The third-order valence-corrected chi connectivity index (χ3v) is 3.00. The van der Waals surface area contributed by atoms with E-state index >= 15 is 0 Å². The number of likely N-dealkylation sites (N-methyl/N-ethyl adjacent to an activating group) is 1. The zero-order valence-corrected chi connectivity index (χ0v) is 12.4. The summed E-state index contributed by atoms with van der Waals surface area (Å²) in [6, 6.07) is 5.59. The van der Waals surface area contributed by atoms with E-state index in [1.54, 1.807) is 6.07 Å². The van der Waals surface area contributed by atoms with Gasteiger partial charge in [0.2, 0.25) is 5.91 Å². The molecule has 0 aliphatic carbocycles. The number of nitrogens with one attached hydrogen (secondary N) is 1. The maximum atomic E-state index is 12.0. The van der Waals surface area contributed by atoms with Gasteiger partial charge in [-0.15, -0.1) is 0 Å². The van der Waals surface area contributed by atoms with Crippen LogP contribution in [-0.4, -0.2) is 30.4 Å². The molecule has 0 aliphatic heterocycles. The highest BCUT2D eigenvalue weighted by Gasteiger charge is 2.10. The fraction of sp³-hybridized carbons (Fsp3) is 0.533. The molecular formula is C15H25N3O. The van der Waals surface area contributed by atoms with Gasteiger partial charge in [0.05, 0.1) is 6.54 Å². The van der Waals surface area contributed by atoms with E-state index < -0.39 is 0 Å². The second-order valence-corrected chi connectivity index (χ2v) is 5.34. The van der Waals surface area contributed by atoms with Gasteiger partial charge in [-0.3, -0.25) is 9.69 Å². The topological polar surface area (TPSA) is 58.4 Å². The van der Waals surface area contributed by atoms with Crippen LogP contribution in [0.5, 0.6) is 0 Å². The molecule has 0 atom stereocenters. The molecule has 0 radical (unpaired) electrons. The molecule has 0 bridgehead atoms. The van der Waals surface area contributed by atoms with Crippen LogP contribution < -0.4 is 11.1 Å². The van der Waals surface area contributed by atoms with Gasteiger partial charge in [0, 0.05) is 17.9 Å². The Morgan fingerprint density at radius 3 is 2.63 bits per heavy atom. The minimum Gasteiger partial charge on any atom is -0.398 e. The van der Waals surface area contributed by atoms with Crippen LogP contribution in [0, 0.1) is 12.8 Å². The number of nitrogen functional groups attached to an aromatic ring is 1. The molecule has 1 aromatic rings. The van der Waals surface area contributed by atoms with Gasteiger partial charge in [-0.1, -0.05) is 26.8 Å². The zero-order valence-electron chi connectivity index (χ0n) is 12.4. The Labute approximate surface area is 116 Å². The van der Waals surface area contributed by atoms with Gasteiger partial charge in [-0.05, 0) is 37.1 Å². The van der Waals surface area contributed by atoms with Crippen LogP contribution in [0.3, 0.4) is 0 Å². The second kappa shape index (κ2) is 7.14. The van der Waals surface area contributed by atoms with E-state index in [1.165, 1.54) is 0 Å². The van der Waals surface area contributed by atoms with Gasteiger partial charge in [0.1, 0.15) is 0 Å². The first-order valence-corrected chi connectivity index (χ1v) is 6.80. The molecule has 0 aliphatic rings. The van der Waals surface area contributed by atoms with Crippen LogP contribution in [0.25, 0.3) is 0 Å². The Bertz CT molecular complexity index is 429. The summed E-state index contributed by atoms with van der Waals surface area (Å²) in [6.45, 7) is 10.6. The summed E-state index contributed by atoms with van der Waals surface area (Å²) in [7, 11) is 0. The van der Waals surface area contributed by atoms with Gasteiger partial charge in [-0.25, -0.2) is 0 Å². The lowest BCUT2D eigenvalue weighted by atomic mass is 10.2. The van der Waals surface area contributed by atoms with E-state index in [9.17, 15) is 4.79 Å². The van der Waals surface area contributed by atoms with E-state index in [0.29, 0.717) is 18.2 Å². The molecule has 1 aromatic carbocycles. The summed E-state index contributed by atoms with van der Waals surface area (Å²) in [5.74, 6) is 0.563. The van der Waals surface area contributed by atoms with Crippen LogP contribution in [0.15, 0.2) is 18.2 Å². The lowest BCUT2D eigenvalue weighted by Gasteiger charge is -2.21. The smallest absolute Gasteiger partial charge is 0.238 e. The maximum Gasteiger partial charge on any atom is 0.238 e. The minimum atomic E-state index is 0.00533. The number of benzene rings is 1. The van der Waals surface area contributed by atoms with Crippen LogP contribution in [0.1, 0.15) is 26.3 Å². The Morgan fingerprint density at radius 1 is 1.42 bits per heavy atom. The first-order valence-electron chi connectivity index (χ1n) is 6.80. The average molecular weight is 263 g/mol. The average Bonchev–Trinajstić information content (AvgIpc) is 2.32. The van der Waals surface area contributed by atoms with Gasteiger partial charge in [0.15, 0.2) is 0 Å². The molecule has 3 N–H and O–H groups in total. The number of aryl methyl sites for hydroxylation is 1. The monoisotopic (exact) mass is 263 g/mol. The van der Waals surface area contributed by atoms with Crippen molar-refractivity contribution in [3.8, 4) is 0 Å². The summed E-state index contributed by atoms with van der Waals surface area (Å²) < 4.78 is 0. The molecule has 4 heteroatoms. The summed E-state index contributed by atoms with van der Waals surface area (Å²) >= 11 is 0. The zero-order chi connectivity index (χ0) is 14.4. The molecule has 0 aromatic heterocycles. The Hall–Kier alpha value is -1.55. The number of carbonyl (C=O) groups is 1. The third-order valence-electron chi connectivity index (χ3n) is 3.00. The van der Waals surface area contributed by atoms with Gasteiger partial charge < -0.3 is 11.1 Å². The molecule has 1 rings (SSSR count). The quantitative estimate of drug-likeness (QED) is 0.775. The summed E-state index contributed by atoms with van der Waals surface area (Å²) in [5, 5.41) is 2.89. The van der Waals surface area contributed by atoms with Crippen LogP contribution in [0.2, 0.25) is 0 Å². The molecule has 4 nitrogen and oxygen atoms in total. The van der Waals surface area contributed by atoms with Crippen LogP contribution >= 0.6 is 0 Å². The molecule has 1 amide bonds. The van der Waals surface area contributed by atoms with Crippen LogP contribution in [0.4, 0.5) is 11.4 Å². The van der Waals surface area contributed by atoms with E-state index in [2.05, 4.69) is 31.0 Å². The van der Waals surface area contributed by atoms with Crippen LogP contribution in [-0.2, 0) is 4.79 Å². The first-order chi connectivity index (χ1) is 8.92. The van der Waals surface area contributed by atoms with Crippen molar-refractivity contribution in [1.82, 2.24) is 4.90 Å². The number of carbonyl (C=O) groups excluding carboxylic acids is 1. The maximum absolute atomic E-state index is 12.0. The van der Waals surface area contributed by atoms with Crippen molar-refractivity contribution in [3.05, 3.63) is 23.8 Å². The molecule has 0 saturated carbocycles. The molecule has 106 valence electrons. The normalized spacial score (nSPS) is 11.1. The molecule has 0 unspecified atom stereocenters. The van der Waals surface area contributed by atoms with Crippen molar-refractivity contribution >= 4 is 17.3 Å². The molecule has 0 saturated heterocycles. The summed E-state index contributed by atoms with van der Waals surface area (Å²) in [6.07, 6.45) is 0. The van der Waals surface area contributed by atoms with Crippen molar-refractivity contribution in [3.63, 3.8) is 0 Å². The largest absolute Gasteiger partial charge is 0.398 e. The van der Waals surface area contributed by atoms with Crippen molar-refractivity contribution in [2.75, 3.05) is 30.7 Å². The minimum absolute atomic E-state index is 0.00533.